The third kappa shape index (κ3) is 4.01. The number of hydrogen-bond donors (Lipinski definition) is 0. The molecule has 0 radical (unpaired) electrons. The predicted molar refractivity (Wildman–Crippen MR) is 120 cm³/mol. The molecule has 3 heterocycles. The van der Waals surface area contributed by atoms with Gasteiger partial charge in [-0.25, -0.2) is 0 Å². The van der Waals surface area contributed by atoms with Gasteiger partial charge < -0.3 is 19.3 Å². The lowest BCUT2D eigenvalue weighted by atomic mass is 10.1. The second kappa shape index (κ2) is 8.65. The second-order valence-corrected chi connectivity index (χ2v) is 8.18. The van der Waals surface area contributed by atoms with E-state index in [1.807, 2.05) is 23.1 Å². The first-order valence-corrected chi connectivity index (χ1v) is 10.8. The van der Waals surface area contributed by atoms with E-state index in [4.69, 9.17) is 14.5 Å². The number of fused-ring (bicyclic) bond motifs is 2. The molecule has 6 nitrogen and oxygen atoms in total. The minimum absolute atomic E-state index is 0.0289. The van der Waals surface area contributed by atoms with E-state index in [2.05, 4.69) is 41.3 Å². The monoisotopic (exact) mass is 417 g/mol. The predicted octanol–water partition coefficient (Wildman–Crippen LogP) is 3.28. The van der Waals surface area contributed by atoms with Crippen molar-refractivity contribution >= 4 is 22.5 Å². The normalized spacial score (nSPS) is 18.6. The maximum absolute atomic E-state index is 13.3. The van der Waals surface area contributed by atoms with Crippen molar-refractivity contribution in [3.8, 4) is 0 Å². The summed E-state index contributed by atoms with van der Waals surface area (Å²) >= 11 is 0. The molecule has 0 N–H and O–H groups in total. The van der Waals surface area contributed by atoms with Crippen LogP contribution in [0.15, 0.2) is 54.6 Å². The van der Waals surface area contributed by atoms with Crippen LogP contribution in [-0.4, -0.2) is 61.9 Å². The molecule has 31 heavy (non-hydrogen) atoms. The van der Waals surface area contributed by atoms with Crippen molar-refractivity contribution in [3.63, 3.8) is 0 Å². The molecule has 5 rings (SSSR count). The molecular formula is C25H27N3O3. The van der Waals surface area contributed by atoms with Crippen molar-refractivity contribution in [3.05, 3.63) is 71.4 Å². The molecule has 1 amide bonds. The number of para-hydroxylation sites is 1. The van der Waals surface area contributed by atoms with Crippen LogP contribution in [0.3, 0.4) is 0 Å². The number of pyridine rings is 1. The van der Waals surface area contributed by atoms with Gasteiger partial charge in [0.2, 0.25) is 0 Å². The average molecular weight is 418 g/mol. The fourth-order valence-corrected chi connectivity index (χ4v) is 4.57. The maximum Gasteiger partial charge on any atom is 0.256 e. The van der Waals surface area contributed by atoms with Gasteiger partial charge in [0.05, 0.1) is 36.1 Å². The quantitative estimate of drug-likeness (QED) is 0.616. The van der Waals surface area contributed by atoms with Gasteiger partial charge >= 0.3 is 0 Å². The van der Waals surface area contributed by atoms with Gasteiger partial charge in [0.25, 0.3) is 5.91 Å². The molecule has 1 aromatic heterocycles. The molecule has 0 bridgehead atoms. The van der Waals surface area contributed by atoms with Gasteiger partial charge in [0.15, 0.2) is 0 Å². The zero-order valence-electron chi connectivity index (χ0n) is 17.8. The molecule has 1 atom stereocenters. The Labute approximate surface area is 182 Å². The number of carbonyl (C=O) groups excluding carboxylic acids is 1. The summed E-state index contributed by atoms with van der Waals surface area (Å²) in [5.41, 5.74) is 4.96. The number of morpholine rings is 1. The highest BCUT2D eigenvalue weighted by atomic mass is 16.5. The molecule has 1 fully saturated rings. The summed E-state index contributed by atoms with van der Waals surface area (Å²) in [6.45, 7) is 4.03. The standard InChI is InChI=1S/C25H27N3O3/c1-30-17-21-16-27(13-14-31-21)23-8-4-6-19-15-28(25(29)24(19)23)12-11-20-10-9-18-5-2-3-7-22(18)26-20/h2-10,21H,11-17H2,1H3. The Morgan fingerprint density at radius 2 is 2.03 bits per heavy atom. The number of hydrogen-bond acceptors (Lipinski definition) is 5. The van der Waals surface area contributed by atoms with E-state index in [1.54, 1.807) is 7.11 Å². The molecule has 2 aliphatic rings. The van der Waals surface area contributed by atoms with Crippen molar-refractivity contribution in [2.45, 2.75) is 19.1 Å². The van der Waals surface area contributed by atoms with Crippen molar-refractivity contribution in [2.24, 2.45) is 0 Å². The lowest BCUT2D eigenvalue weighted by molar-refractivity contribution is -0.0101. The van der Waals surface area contributed by atoms with E-state index in [-0.39, 0.29) is 12.0 Å². The van der Waals surface area contributed by atoms with Crippen LogP contribution >= 0.6 is 0 Å². The van der Waals surface area contributed by atoms with E-state index in [0.717, 1.165) is 52.9 Å². The van der Waals surface area contributed by atoms with Crippen molar-refractivity contribution in [2.75, 3.05) is 44.9 Å². The Hall–Kier alpha value is -2.96. The molecule has 160 valence electrons. The Bertz CT molecular complexity index is 1100. The summed E-state index contributed by atoms with van der Waals surface area (Å²) < 4.78 is 11.1. The van der Waals surface area contributed by atoms with Crippen LogP contribution in [0.1, 0.15) is 21.6 Å². The number of nitrogens with zero attached hydrogens (tertiary/aromatic N) is 3. The zero-order valence-corrected chi connectivity index (χ0v) is 17.8. The summed E-state index contributed by atoms with van der Waals surface area (Å²) in [7, 11) is 1.69. The number of anilines is 1. The van der Waals surface area contributed by atoms with Crippen LogP contribution in [0.2, 0.25) is 0 Å². The Kier molecular flexibility index (Phi) is 5.57. The van der Waals surface area contributed by atoms with Gasteiger partial charge in [-0.1, -0.05) is 36.4 Å². The van der Waals surface area contributed by atoms with Crippen LogP contribution in [0.5, 0.6) is 0 Å². The van der Waals surface area contributed by atoms with Crippen LogP contribution in [0, 0.1) is 0 Å². The van der Waals surface area contributed by atoms with E-state index in [0.29, 0.717) is 26.3 Å². The Balaban J connectivity index is 1.31. The van der Waals surface area contributed by atoms with Gasteiger partial charge in [-0.15, -0.1) is 0 Å². The number of amides is 1. The molecule has 3 aromatic rings. The van der Waals surface area contributed by atoms with Crippen molar-refractivity contribution in [1.82, 2.24) is 9.88 Å². The summed E-state index contributed by atoms with van der Waals surface area (Å²) in [6, 6.07) is 18.5. The summed E-state index contributed by atoms with van der Waals surface area (Å²) in [4.78, 5) is 22.3. The molecular weight excluding hydrogens is 390 g/mol. The number of carbonyl (C=O) groups is 1. The lowest BCUT2D eigenvalue weighted by Crippen LogP contribution is -2.45. The fourth-order valence-electron chi connectivity index (χ4n) is 4.57. The third-order valence-corrected chi connectivity index (χ3v) is 6.12. The Morgan fingerprint density at radius 3 is 2.94 bits per heavy atom. The molecule has 0 spiro atoms. The van der Waals surface area contributed by atoms with Gasteiger partial charge in [0, 0.05) is 50.8 Å². The van der Waals surface area contributed by atoms with E-state index in [1.165, 1.54) is 0 Å². The largest absolute Gasteiger partial charge is 0.382 e. The second-order valence-electron chi connectivity index (χ2n) is 8.18. The highest BCUT2D eigenvalue weighted by Crippen LogP contribution is 2.32. The first kappa shape index (κ1) is 20.0. The van der Waals surface area contributed by atoms with Gasteiger partial charge in [0.1, 0.15) is 0 Å². The van der Waals surface area contributed by atoms with Gasteiger partial charge in [-0.2, -0.15) is 0 Å². The van der Waals surface area contributed by atoms with Crippen molar-refractivity contribution < 1.29 is 14.3 Å². The highest BCUT2D eigenvalue weighted by Gasteiger charge is 2.32. The van der Waals surface area contributed by atoms with Crippen LogP contribution in [-0.2, 0) is 22.4 Å². The first-order valence-electron chi connectivity index (χ1n) is 10.8. The smallest absolute Gasteiger partial charge is 0.256 e. The summed E-state index contributed by atoms with van der Waals surface area (Å²) in [5, 5.41) is 1.14. The molecule has 0 saturated carbocycles. The Morgan fingerprint density at radius 1 is 1.13 bits per heavy atom. The van der Waals surface area contributed by atoms with Crippen LogP contribution in [0.4, 0.5) is 5.69 Å². The molecule has 1 saturated heterocycles. The number of methoxy groups -OCH3 is 1. The lowest BCUT2D eigenvalue weighted by Gasteiger charge is -2.35. The summed E-state index contributed by atoms with van der Waals surface area (Å²) in [5.74, 6) is 0.112. The topological polar surface area (TPSA) is 54.9 Å². The molecule has 2 aliphatic heterocycles. The molecule has 6 heteroatoms. The summed E-state index contributed by atoms with van der Waals surface area (Å²) in [6.07, 6.45) is 0.772. The minimum atomic E-state index is 0.0289. The van der Waals surface area contributed by atoms with Crippen LogP contribution < -0.4 is 4.90 Å². The molecule has 2 aromatic carbocycles. The zero-order chi connectivity index (χ0) is 21.2. The maximum atomic E-state index is 13.3. The van der Waals surface area contributed by atoms with E-state index >= 15 is 0 Å². The third-order valence-electron chi connectivity index (χ3n) is 6.12. The SMILES string of the molecule is COCC1CN(c2cccc3c2C(=O)N(CCc2ccc4ccccc4n2)C3)CCO1. The number of ether oxygens (including phenoxy) is 2. The van der Waals surface area contributed by atoms with Gasteiger partial charge in [-0.05, 0) is 23.8 Å². The van der Waals surface area contributed by atoms with Crippen molar-refractivity contribution in [1.29, 1.82) is 0 Å². The number of benzene rings is 2. The molecule has 0 aliphatic carbocycles. The molecule has 1 unspecified atom stereocenters. The van der Waals surface area contributed by atoms with Gasteiger partial charge in [-0.3, -0.25) is 9.78 Å². The first-order chi connectivity index (χ1) is 15.2. The number of aromatic nitrogens is 1. The minimum Gasteiger partial charge on any atom is -0.382 e. The van der Waals surface area contributed by atoms with Crippen LogP contribution in [0.25, 0.3) is 10.9 Å². The average Bonchev–Trinajstić information content (AvgIpc) is 3.13. The van der Waals surface area contributed by atoms with E-state index < -0.39 is 0 Å². The highest BCUT2D eigenvalue weighted by molar-refractivity contribution is 6.03. The van der Waals surface area contributed by atoms with E-state index in [9.17, 15) is 4.79 Å². The number of rotatable bonds is 6. The fraction of sp³-hybridized carbons (Fsp3) is 0.360.